The minimum atomic E-state index is -0.542. The summed E-state index contributed by atoms with van der Waals surface area (Å²) in [6.45, 7) is 8.86. The zero-order chi connectivity index (χ0) is 19.4. The Balaban J connectivity index is 2.03. The Morgan fingerprint density at radius 1 is 1.12 bits per heavy atom. The molecule has 1 aromatic heterocycles. The lowest BCUT2D eigenvalue weighted by Crippen LogP contribution is -2.22. The zero-order valence-electron chi connectivity index (χ0n) is 15.8. The molecule has 0 aliphatic carbocycles. The van der Waals surface area contributed by atoms with E-state index in [-0.39, 0.29) is 11.8 Å². The van der Waals surface area contributed by atoms with Crippen LogP contribution < -0.4 is 5.32 Å². The number of para-hydroxylation sites is 1. The molecule has 1 amide bonds. The van der Waals surface area contributed by atoms with Crippen LogP contribution in [0.15, 0.2) is 30.3 Å². The SMILES string of the molecule is CC(=O)c1ccccc1NC(=O)COC(=O)c1cc(C)n(C(C)C)c1C. The first kappa shape index (κ1) is 19.4. The Labute approximate surface area is 153 Å². The van der Waals surface area contributed by atoms with E-state index in [0.717, 1.165) is 11.4 Å². The second-order valence-electron chi connectivity index (χ2n) is 6.47. The molecule has 0 aliphatic heterocycles. The molecule has 0 saturated heterocycles. The molecule has 0 fully saturated rings. The van der Waals surface area contributed by atoms with Crippen molar-refractivity contribution in [3.8, 4) is 0 Å². The highest BCUT2D eigenvalue weighted by atomic mass is 16.5. The predicted molar refractivity (Wildman–Crippen MR) is 99.6 cm³/mol. The molecule has 0 unspecified atom stereocenters. The Bertz CT molecular complexity index is 849. The summed E-state index contributed by atoms with van der Waals surface area (Å²) in [7, 11) is 0. The Morgan fingerprint density at radius 2 is 1.77 bits per heavy atom. The van der Waals surface area contributed by atoms with Crippen LogP contribution in [0.5, 0.6) is 0 Å². The molecule has 2 rings (SSSR count). The number of hydrogen-bond donors (Lipinski definition) is 1. The van der Waals surface area contributed by atoms with E-state index in [1.807, 2.05) is 32.3 Å². The van der Waals surface area contributed by atoms with Gasteiger partial charge in [-0.1, -0.05) is 12.1 Å². The quantitative estimate of drug-likeness (QED) is 0.633. The van der Waals surface area contributed by atoms with Gasteiger partial charge < -0.3 is 14.6 Å². The Morgan fingerprint density at radius 3 is 2.35 bits per heavy atom. The zero-order valence-corrected chi connectivity index (χ0v) is 15.8. The van der Waals surface area contributed by atoms with Crippen LogP contribution in [0.1, 0.15) is 58.9 Å². The van der Waals surface area contributed by atoms with Gasteiger partial charge in [0.05, 0.1) is 11.3 Å². The lowest BCUT2D eigenvalue weighted by molar-refractivity contribution is -0.119. The average molecular weight is 356 g/mol. The Kier molecular flexibility index (Phi) is 5.97. The number of Topliss-reactive ketones (excluding diaryl/α,β-unsaturated/α-hetero) is 1. The fraction of sp³-hybridized carbons (Fsp3) is 0.350. The van der Waals surface area contributed by atoms with Crippen molar-refractivity contribution in [1.82, 2.24) is 4.57 Å². The standard InChI is InChI=1S/C20H24N2O4/c1-12(2)22-13(3)10-17(14(22)4)20(25)26-11-19(24)21-18-9-7-6-8-16(18)15(5)23/h6-10,12H,11H2,1-5H3,(H,21,24). The highest BCUT2D eigenvalue weighted by molar-refractivity contribution is 6.04. The lowest BCUT2D eigenvalue weighted by Gasteiger charge is -2.13. The number of ketones is 1. The number of hydrogen-bond acceptors (Lipinski definition) is 4. The van der Waals surface area contributed by atoms with Crippen molar-refractivity contribution in [2.24, 2.45) is 0 Å². The highest BCUT2D eigenvalue weighted by Gasteiger charge is 2.19. The van der Waals surface area contributed by atoms with Crippen LogP contribution in [0.3, 0.4) is 0 Å². The van der Waals surface area contributed by atoms with E-state index in [1.165, 1.54) is 6.92 Å². The van der Waals surface area contributed by atoms with Crippen LogP contribution in [-0.2, 0) is 9.53 Å². The van der Waals surface area contributed by atoms with Crippen LogP contribution >= 0.6 is 0 Å². The second-order valence-corrected chi connectivity index (χ2v) is 6.47. The number of esters is 1. The highest BCUT2D eigenvalue weighted by Crippen LogP contribution is 2.21. The molecule has 138 valence electrons. The number of anilines is 1. The summed E-state index contributed by atoms with van der Waals surface area (Å²) in [4.78, 5) is 36.0. The Hall–Kier alpha value is -2.89. The third-order valence-electron chi connectivity index (χ3n) is 4.14. The number of nitrogens with zero attached hydrogens (tertiary/aromatic N) is 1. The first-order chi connectivity index (χ1) is 12.2. The molecule has 0 bridgehead atoms. The number of aryl methyl sites for hydroxylation is 1. The van der Waals surface area contributed by atoms with E-state index < -0.39 is 18.5 Å². The van der Waals surface area contributed by atoms with Gasteiger partial charge in [0, 0.05) is 23.0 Å². The molecule has 0 aliphatic rings. The normalized spacial score (nSPS) is 10.7. The van der Waals surface area contributed by atoms with E-state index in [0.29, 0.717) is 16.8 Å². The molecule has 2 aromatic rings. The van der Waals surface area contributed by atoms with Gasteiger partial charge in [-0.25, -0.2) is 4.79 Å². The van der Waals surface area contributed by atoms with Gasteiger partial charge in [-0.15, -0.1) is 0 Å². The molecule has 1 heterocycles. The van der Waals surface area contributed by atoms with E-state index in [2.05, 4.69) is 5.32 Å². The van der Waals surface area contributed by atoms with Crippen LogP contribution in [0, 0.1) is 13.8 Å². The number of amides is 1. The summed E-state index contributed by atoms with van der Waals surface area (Å²) in [5.41, 5.74) is 3.04. The number of carbonyl (C=O) groups excluding carboxylic acids is 3. The molecule has 6 heteroatoms. The summed E-state index contributed by atoms with van der Waals surface area (Å²) in [6.07, 6.45) is 0. The van der Waals surface area contributed by atoms with Gasteiger partial charge in [-0.3, -0.25) is 9.59 Å². The summed E-state index contributed by atoms with van der Waals surface area (Å²) < 4.78 is 7.18. The number of benzene rings is 1. The summed E-state index contributed by atoms with van der Waals surface area (Å²) in [5.74, 6) is -1.19. The van der Waals surface area contributed by atoms with E-state index in [9.17, 15) is 14.4 Å². The summed E-state index contributed by atoms with van der Waals surface area (Å²) in [5, 5.41) is 2.61. The number of nitrogens with one attached hydrogen (secondary N) is 1. The molecule has 0 spiro atoms. The molecule has 26 heavy (non-hydrogen) atoms. The van der Waals surface area contributed by atoms with Gasteiger partial charge in [0.1, 0.15) is 0 Å². The predicted octanol–water partition coefficient (Wildman–Crippen LogP) is 3.68. The van der Waals surface area contributed by atoms with Gasteiger partial charge in [0.15, 0.2) is 12.4 Å². The topological polar surface area (TPSA) is 77.4 Å². The number of aromatic nitrogens is 1. The lowest BCUT2D eigenvalue weighted by atomic mass is 10.1. The number of carbonyl (C=O) groups is 3. The van der Waals surface area contributed by atoms with E-state index in [4.69, 9.17) is 4.74 Å². The van der Waals surface area contributed by atoms with Crippen LogP contribution in [0.2, 0.25) is 0 Å². The average Bonchev–Trinajstić information content (AvgIpc) is 2.87. The first-order valence-electron chi connectivity index (χ1n) is 8.47. The van der Waals surface area contributed by atoms with Gasteiger partial charge >= 0.3 is 5.97 Å². The van der Waals surface area contributed by atoms with Crippen LogP contribution in [-0.4, -0.2) is 28.8 Å². The molecule has 0 saturated carbocycles. The molecule has 1 N–H and O–H groups in total. The third-order valence-corrected chi connectivity index (χ3v) is 4.14. The van der Waals surface area contributed by atoms with Crippen LogP contribution in [0.4, 0.5) is 5.69 Å². The van der Waals surface area contributed by atoms with Gasteiger partial charge in [-0.05, 0) is 52.8 Å². The first-order valence-corrected chi connectivity index (χ1v) is 8.47. The molecule has 0 radical (unpaired) electrons. The smallest absolute Gasteiger partial charge is 0.340 e. The van der Waals surface area contributed by atoms with Crippen molar-refractivity contribution in [2.75, 3.05) is 11.9 Å². The van der Waals surface area contributed by atoms with E-state index in [1.54, 1.807) is 30.3 Å². The summed E-state index contributed by atoms with van der Waals surface area (Å²) >= 11 is 0. The monoisotopic (exact) mass is 356 g/mol. The van der Waals surface area contributed by atoms with Crippen molar-refractivity contribution in [3.63, 3.8) is 0 Å². The number of ether oxygens (including phenoxy) is 1. The van der Waals surface area contributed by atoms with Gasteiger partial charge in [0.2, 0.25) is 0 Å². The fourth-order valence-corrected chi connectivity index (χ4v) is 3.07. The van der Waals surface area contributed by atoms with Crippen molar-refractivity contribution < 1.29 is 19.1 Å². The number of rotatable bonds is 6. The third kappa shape index (κ3) is 4.20. The van der Waals surface area contributed by atoms with Crippen LogP contribution in [0.25, 0.3) is 0 Å². The van der Waals surface area contributed by atoms with Crippen molar-refractivity contribution in [3.05, 3.63) is 52.8 Å². The van der Waals surface area contributed by atoms with Gasteiger partial charge in [-0.2, -0.15) is 0 Å². The van der Waals surface area contributed by atoms with Gasteiger partial charge in [0.25, 0.3) is 5.91 Å². The van der Waals surface area contributed by atoms with Crippen molar-refractivity contribution in [2.45, 2.75) is 40.7 Å². The minimum Gasteiger partial charge on any atom is -0.452 e. The fourth-order valence-electron chi connectivity index (χ4n) is 3.07. The molecule has 6 nitrogen and oxygen atoms in total. The largest absolute Gasteiger partial charge is 0.452 e. The molecular formula is C20H24N2O4. The maximum absolute atomic E-state index is 12.3. The minimum absolute atomic E-state index is 0.154. The molecular weight excluding hydrogens is 332 g/mol. The van der Waals surface area contributed by atoms with Crippen molar-refractivity contribution in [1.29, 1.82) is 0 Å². The maximum atomic E-state index is 12.3. The second kappa shape index (κ2) is 7.99. The molecule has 0 atom stereocenters. The van der Waals surface area contributed by atoms with Crippen molar-refractivity contribution >= 4 is 23.3 Å². The maximum Gasteiger partial charge on any atom is 0.340 e. The van der Waals surface area contributed by atoms with E-state index >= 15 is 0 Å². The summed E-state index contributed by atoms with van der Waals surface area (Å²) in [6, 6.07) is 8.69. The molecule has 1 aromatic carbocycles.